The molecule has 2 aromatic heterocycles. The highest BCUT2D eigenvalue weighted by atomic mass is 32.1. The highest BCUT2D eigenvalue weighted by molar-refractivity contribution is 7.20. The van der Waals surface area contributed by atoms with Gasteiger partial charge in [0, 0.05) is 26.1 Å². The van der Waals surface area contributed by atoms with Crippen LogP contribution in [0.2, 0.25) is 0 Å². The third-order valence-corrected chi connectivity index (χ3v) is 7.24. The van der Waals surface area contributed by atoms with Gasteiger partial charge in [-0.25, -0.2) is 4.98 Å². The van der Waals surface area contributed by atoms with E-state index >= 15 is 0 Å². The molecular formula is C24H30N4O2S. The van der Waals surface area contributed by atoms with E-state index in [-0.39, 0.29) is 11.5 Å². The number of nitrogens with zero attached hydrogens (tertiary/aromatic N) is 3. The highest BCUT2D eigenvalue weighted by Crippen LogP contribution is 2.28. The van der Waals surface area contributed by atoms with E-state index in [0.29, 0.717) is 21.6 Å². The number of carbonyl (C=O) groups is 1. The quantitative estimate of drug-likeness (QED) is 0.634. The van der Waals surface area contributed by atoms with Gasteiger partial charge >= 0.3 is 0 Å². The van der Waals surface area contributed by atoms with Crippen LogP contribution in [-0.4, -0.2) is 34.0 Å². The zero-order valence-electron chi connectivity index (χ0n) is 18.5. The van der Waals surface area contributed by atoms with Crippen LogP contribution in [0.4, 0.5) is 0 Å². The van der Waals surface area contributed by atoms with E-state index in [9.17, 15) is 9.59 Å². The van der Waals surface area contributed by atoms with Crippen LogP contribution in [0.15, 0.2) is 29.1 Å². The third-order valence-electron chi connectivity index (χ3n) is 6.05. The second-order valence-corrected chi connectivity index (χ2v) is 9.36. The molecule has 31 heavy (non-hydrogen) atoms. The molecule has 1 aliphatic rings. The summed E-state index contributed by atoms with van der Waals surface area (Å²) in [4.78, 5) is 34.3. The first-order chi connectivity index (χ1) is 15.0. The maximum Gasteiger partial charge on any atom is 0.262 e. The molecule has 1 N–H and O–H groups in total. The molecule has 1 aliphatic heterocycles. The molecule has 1 amide bonds. The molecule has 0 spiro atoms. The van der Waals surface area contributed by atoms with E-state index in [1.165, 1.54) is 16.9 Å². The molecule has 0 atom stereocenters. The molecule has 0 saturated heterocycles. The first kappa shape index (κ1) is 21.7. The molecule has 0 unspecified atom stereocenters. The predicted octanol–water partition coefficient (Wildman–Crippen LogP) is 3.87. The Labute approximate surface area is 186 Å². The van der Waals surface area contributed by atoms with Crippen molar-refractivity contribution in [1.82, 2.24) is 19.8 Å². The molecule has 1 aromatic carbocycles. The van der Waals surface area contributed by atoms with Crippen molar-refractivity contribution in [3.63, 3.8) is 0 Å². The van der Waals surface area contributed by atoms with Gasteiger partial charge in [0.2, 0.25) is 0 Å². The average Bonchev–Trinajstić information content (AvgIpc) is 2.93. The number of aromatic nitrogens is 2. The Balaban J connectivity index is 1.55. The lowest BCUT2D eigenvalue weighted by Crippen LogP contribution is -2.25. The van der Waals surface area contributed by atoms with Crippen LogP contribution in [0.1, 0.15) is 58.4 Å². The molecular weight excluding hydrogens is 408 g/mol. The Morgan fingerprint density at radius 1 is 1.26 bits per heavy atom. The number of amides is 1. The van der Waals surface area contributed by atoms with Crippen molar-refractivity contribution >= 4 is 27.5 Å². The molecule has 164 valence electrons. The monoisotopic (exact) mass is 438 g/mol. The summed E-state index contributed by atoms with van der Waals surface area (Å²) >= 11 is 1.33. The maximum absolute atomic E-state index is 13.1. The number of carbonyl (C=O) groups excluding carboxylic acids is 1. The minimum atomic E-state index is -0.142. The van der Waals surface area contributed by atoms with Crippen LogP contribution >= 0.6 is 11.3 Å². The van der Waals surface area contributed by atoms with E-state index in [0.717, 1.165) is 62.3 Å². The van der Waals surface area contributed by atoms with Gasteiger partial charge in [0.15, 0.2) is 0 Å². The number of rotatable bonds is 6. The summed E-state index contributed by atoms with van der Waals surface area (Å²) in [6.07, 6.45) is 4.01. The fraction of sp³-hybridized carbons (Fsp3) is 0.458. The van der Waals surface area contributed by atoms with Crippen molar-refractivity contribution in [3.05, 3.63) is 62.0 Å². The summed E-state index contributed by atoms with van der Waals surface area (Å²) < 4.78 is 1.82. The van der Waals surface area contributed by atoms with Crippen LogP contribution in [-0.2, 0) is 26.1 Å². The van der Waals surface area contributed by atoms with E-state index in [4.69, 9.17) is 4.98 Å². The van der Waals surface area contributed by atoms with Gasteiger partial charge in [-0.05, 0) is 50.0 Å². The highest BCUT2D eigenvalue weighted by Gasteiger charge is 2.22. The van der Waals surface area contributed by atoms with Gasteiger partial charge in [0.25, 0.3) is 11.5 Å². The standard InChI is InChI=1S/C24H30N4O2S/c1-4-27(3)15-18-10-8-9-17(13-18)14-25-22(29)21-16(2)20-23(31-21)26-19-11-6-5-7-12-28(19)24(20)30/h8-10,13H,4-7,11-12,14-15H2,1-3H3,(H,25,29). The number of nitrogens with one attached hydrogen (secondary N) is 1. The fourth-order valence-corrected chi connectivity index (χ4v) is 5.26. The summed E-state index contributed by atoms with van der Waals surface area (Å²) in [5.74, 6) is 0.716. The van der Waals surface area contributed by atoms with Crippen LogP contribution in [0, 0.1) is 6.92 Å². The minimum absolute atomic E-state index is 0.00226. The average molecular weight is 439 g/mol. The van der Waals surface area contributed by atoms with Gasteiger partial charge in [-0.2, -0.15) is 0 Å². The maximum atomic E-state index is 13.1. The summed E-state index contributed by atoms with van der Waals surface area (Å²) in [6.45, 7) is 7.05. The number of hydrogen-bond donors (Lipinski definition) is 1. The summed E-state index contributed by atoms with van der Waals surface area (Å²) in [7, 11) is 2.09. The lowest BCUT2D eigenvalue weighted by molar-refractivity contribution is 0.0954. The summed E-state index contributed by atoms with van der Waals surface area (Å²) in [5, 5.41) is 3.63. The van der Waals surface area contributed by atoms with Crippen molar-refractivity contribution < 1.29 is 4.79 Å². The zero-order chi connectivity index (χ0) is 22.0. The Kier molecular flexibility index (Phi) is 6.53. The van der Waals surface area contributed by atoms with Crippen LogP contribution in [0.5, 0.6) is 0 Å². The van der Waals surface area contributed by atoms with Gasteiger partial charge in [0.05, 0.1) is 10.3 Å². The number of hydrogen-bond acceptors (Lipinski definition) is 5. The molecule has 0 aliphatic carbocycles. The van der Waals surface area contributed by atoms with Gasteiger partial charge in [-0.15, -0.1) is 11.3 Å². The Morgan fingerprint density at radius 2 is 2.06 bits per heavy atom. The van der Waals surface area contributed by atoms with Gasteiger partial charge in [-0.1, -0.05) is 37.6 Å². The molecule has 4 rings (SSSR count). The van der Waals surface area contributed by atoms with Crippen molar-refractivity contribution in [1.29, 1.82) is 0 Å². The molecule has 3 heterocycles. The van der Waals surface area contributed by atoms with Crippen molar-refractivity contribution in [2.24, 2.45) is 0 Å². The Hall–Kier alpha value is -2.51. The first-order valence-corrected chi connectivity index (χ1v) is 11.9. The zero-order valence-corrected chi connectivity index (χ0v) is 19.3. The van der Waals surface area contributed by atoms with Crippen molar-refractivity contribution in [3.8, 4) is 0 Å². The number of thiophene rings is 1. The molecule has 0 radical (unpaired) electrons. The van der Waals surface area contributed by atoms with E-state index in [1.807, 2.05) is 23.6 Å². The lowest BCUT2D eigenvalue weighted by atomic mass is 10.1. The van der Waals surface area contributed by atoms with E-state index in [1.54, 1.807) is 0 Å². The molecule has 0 bridgehead atoms. The Morgan fingerprint density at radius 3 is 2.87 bits per heavy atom. The predicted molar refractivity (Wildman–Crippen MR) is 126 cm³/mol. The SMILES string of the molecule is CCN(C)Cc1cccc(CNC(=O)c2sc3nc4n(c(=O)c3c2C)CCCCC4)c1. The molecule has 0 fully saturated rings. The van der Waals surface area contributed by atoms with Crippen LogP contribution in [0.25, 0.3) is 10.2 Å². The van der Waals surface area contributed by atoms with Crippen molar-refractivity contribution in [2.75, 3.05) is 13.6 Å². The van der Waals surface area contributed by atoms with Gasteiger partial charge < -0.3 is 10.2 Å². The van der Waals surface area contributed by atoms with Crippen LogP contribution in [0.3, 0.4) is 0 Å². The number of fused-ring (bicyclic) bond motifs is 2. The smallest absolute Gasteiger partial charge is 0.262 e. The minimum Gasteiger partial charge on any atom is -0.347 e. The lowest BCUT2D eigenvalue weighted by Gasteiger charge is -2.14. The van der Waals surface area contributed by atoms with Gasteiger partial charge in [0.1, 0.15) is 10.7 Å². The topological polar surface area (TPSA) is 67.2 Å². The number of aryl methyl sites for hydroxylation is 2. The van der Waals surface area contributed by atoms with Crippen molar-refractivity contribution in [2.45, 2.75) is 59.2 Å². The normalized spacial score (nSPS) is 13.9. The summed E-state index contributed by atoms with van der Waals surface area (Å²) in [5.41, 5.74) is 3.04. The van der Waals surface area contributed by atoms with E-state index in [2.05, 4.69) is 36.3 Å². The largest absolute Gasteiger partial charge is 0.347 e. The number of benzene rings is 1. The summed E-state index contributed by atoms with van der Waals surface area (Å²) in [6, 6.07) is 8.30. The first-order valence-electron chi connectivity index (χ1n) is 11.0. The fourth-order valence-electron chi connectivity index (χ4n) is 4.15. The Bertz CT molecular complexity index is 1160. The van der Waals surface area contributed by atoms with Crippen LogP contribution < -0.4 is 10.9 Å². The second kappa shape index (κ2) is 9.32. The molecule has 7 heteroatoms. The molecule has 6 nitrogen and oxygen atoms in total. The third kappa shape index (κ3) is 4.57. The van der Waals surface area contributed by atoms with E-state index < -0.39 is 0 Å². The van der Waals surface area contributed by atoms with Gasteiger partial charge in [-0.3, -0.25) is 14.2 Å². The molecule has 0 saturated carbocycles. The molecule has 3 aromatic rings. The second-order valence-electron chi connectivity index (χ2n) is 8.36.